The van der Waals surface area contributed by atoms with Gasteiger partial charge in [0.1, 0.15) is 0 Å². The number of halogens is 1. The minimum atomic E-state index is -0.303. The van der Waals surface area contributed by atoms with Crippen molar-refractivity contribution in [3.8, 4) is 0 Å². The molecule has 0 amide bonds. The topological polar surface area (TPSA) is 20.2 Å². The fourth-order valence-corrected chi connectivity index (χ4v) is 3.89. The van der Waals surface area contributed by atoms with Gasteiger partial charge in [-0.15, -0.1) is 0 Å². The van der Waals surface area contributed by atoms with Crippen LogP contribution in [0.1, 0.15) is 67.2 Å². The van der Waals surface area contributed by atoms with E-state index in [-0.39, 0.29) is 9.53 Å². The fourth-order valence-electron chi connectivity index (χ4n) is 3.25. The molecule has 0 aromatic rings. The van der Waals surface area contributed by atoms with Crippen molar-refractivity contribution in [2.45, 2.75) is 76.8 Å². The number of aliphatic hydroxyl groups is 1. The van der Waals surface area contributed by atoms with Gasteiger partial charge >= 0.3 is 0 Å². The number of rotatable bonds is 6. The smallest absolute Gasteiger partial charge is 0.0747 e. The monoisotopic (exact) mass is 402 g/mol. The van der Waals surface area contributed by atoms with Crippen LogP contribution in [0.15, 0.2) is 34.4 Å². The first-order chi connectivity index (χ1) is 9.68. The Morgan fingerprint density at radius 2 is 2.05 bits per heavy atom. The summed E-state index contributed by atoms with van der Waals surface area (Å²) in [5.74, 6) is 0.554. The largest absolute Gasteiger partial charge is 0.389 e. The van der Waals surface area contributed by atoms with E-state index in [1.807, 2.05) is 6.92 Å². The molecule has 0 saturated carbocycles. The second kappa shape index (κ2) is 7.96. The molecule has 1 nitrogen and oxygen atoms in total. The summed E-state index contributed by atoms with van der Waals surface area (Å²) in [7, 11) is 0. The van der Waals surface area contributed by atoms with Crippen LogP contribution >= 0.6 is 22.6 Å². The van der Waals surface area contributed by atoms with E-state index in [0.717, 1.165) is 12.8 Å². The molecule has 0 fully saturated rings. The molecule has 0 saturated heterocycles. The minimum absolute atomic E-state index is 0.0885. The summed E-state index contributed by atoms with van der Waals surface area (Å²) in [5.41, 5.74) is 5.62. The van der Waals surface area contributed by atoms with Crippen LogP contribution in [0.3, 0.4) is 0 Å². The number of alkyl halides is 1. The van der Waals surface area contributed by atoms with Crippen LogP contribution in [0.4, 0.5) is 0 Å². The van der Waals surface area contributed by atoms with Crippen molar-refractivity contribution in [3.63, 3.8) is 0 Å². The van der Waals surface area contributed by atoms with Gasteiger partial charge in [-0.05, 0) is 64.9 Å². The molecule has 0 aromatic heterocycles. The van der Waals surface area contributed by atoms with Gasteiger partial charge in [-0.25, -0.2) is 0 Å². The maximum Gasteiger partial charge on any atom is 0.0747 e. The number of allylic oxidation sites excluding steroid dienone is 5. The summed E-state index contributed by atoms with van der Waals surface area (Å²) in [6.07, 6.45) is 8.44. The van der Waals surface area contributed by atoms with Crippen LogP contribution in [0.2, 0.25) is 0 Å². The van der Waals surface area contributed by atoms with E-state index in [4.69, 9.17) is 0 Å². The predicted octanol–water partition coefficient (Wildman–Crippen LogP) is 5.98. The van der Waals surface area contributed by atoms with Crippen molar-refractivity contribution in [1.29, 1.82) is 0 Å². The predicted molar refractivity (Wildman–Crippen MR) is 102 cm³/mol. The zero-order chi connectivity index (χ0) is 16.2. The van der Waals surface area contributed by atoms with Crippen molar-refractivity contribution >= 4 is 22.6 Å². The number of hydrogen-bond donors (Lipinski definition) is 1. The number of hydrogen-bond acceptors (Lipinski definition) is 1. The Morgan fingerprint density at radius 3 is 2.52 bits per heavy atom. The van der Waals surface area contributed by atoms with Gasteiger partial charge in [0.2, 0.25) is 0 Å². The standard InChI is InChI=1S/C19H31IO/c1-7-18(21)15(4)17(19(5,6)20)12-14(3)16-11-9-8-10-13(16)2/h8,10,14,18,21H,7,9,11-12H2,1-6H3/b17-15+. The van der Waals surface area contributed by atoms with Gasteiger partial charge in [0, 0.05) is 3.42 Å². The van der Waals surface area contributed by atoms with Crippen molar-refractivity contribution in [2.75, 3.05) is 0 Å². The third kappa shape index (κ3) is 5.24. The Labute approximate surface area is 144 Å². The lowest BCUT2D eigenvalue weighted by molar-refractivity contribution is 0.204. The molecule has 0 bridgehead atoms. The molecular formula is C19H31IO. The van der Waals surface area contributed by atoms with Gasteiger partial charge in [-0.1, -0.05) is 65.3 Å². The summed E-state index contributed by atoms with van der Waals surface area (Å²) >= 11 is 2.51. The summed E-state index contributed by atoms with van der Waals surface area (Å²) in [4.78, 5) is 0. The van der Waals surface area contributed by atoms with E-state index < -0.39 is 0 Å². The first kappa shape index (κ1) is 19.0. The lowest BCUT2D eigenvalue weighted by Gasteiger charge is -2.30. The van der Waals surface area contributed by atoms with E-state index in [9.17, 15) is 5.11 Å². The Balaban J connectivity index is 3.06. The lowest BCUT2D eigenvalue weighted by atomic mass is 9.81. The Bertz CT molecular complexity index is 449. The molecule has 2 heteroatoms. The maximum absolute atomic E-state index is 10.3. The molecule has 0 aromatic carbocycles. The van der Waals surface area contributed by atoms with E-state index in [1.165, 1.54) is 29.6 Å². The van der Waals surface area contributed by atoms with Crippen LogP contribution in [-0.2, 0) is 0 Å². The number of aliphatic hydroxyl groups excluding tert-OH is 1. The highest BCUT2D eigenvalue weighted by molar-refractivity contribution is 14.1. The highest BCUT2D eigenvalue weighted by atomic mass is 127. The van der Waals surface area contributed by atoms with Gasteiger partial charge < -0.3 is 5.11 Å². The SMILES string of the molecule is CCC(O)/C(C)=C(\CC(C)C1=C(C)C=CCC1)C(C)(C)I. The normalized spacial score (nSPS) is 20.4. The first-order valence-corrected chi connectivity index (χ1v) is 9.19. The van der Waals surface area contributed by atoms with Crippen molar-refractivity contribution < 1.29 is 5.11 Å². The van der Waals surface area contributed by atoms with Gasteiger partial charge in [0.15, 0.2) is 0 Å². The van der Waals surface area contributed by atoms with E-state index >= 15 is 0 Å². The van der Waals surface area contributed by atoms with Gasteiger partial charge in [0.05, 0.1) is 6.10 Å². The Morgan fingerprint density at radius 1 is 1.43 bits per heavy atom. The second-order valence-corrected chi connectivity index (χ2v) is 9.51. The van der Waals surface area contributed by atoms with E-state index in [2.05, 4.69) is 69.4 Å². The highest BCUT2D eigenvalue weighted by Crippen LogP contribution is 2.38. The van der Waals surface area contributed by atoms with Crippen LogP contribution in [-0.4, -0.2) is 14.6 Å². The van der Waals surface area contributed by atoms with Crippen molar-refractivity contribution in [3.05, 3.63) is 34.4 Å². The van der Waals surface area contributed by atoms with Crippen LogP contribution in [0.25, 0.3) is 0 Å². The summed E-state index contributed by atoms with van der Waals surface area (Å²) < 4.78 is 0.0885. The maximum atomic E-state index is 10.3. The molecule has 120 valence electrons. The summed E-state index contributed by atoms with van der Waals surface area (Å²) in [5, 5.41) is 10.3. The van der Waals surface area contributed by atoms with Crippen LogP contribution in [0.5, 0.6) is 0 Å². The molecule has 0 aliphatic heterocycles. The molecule has 1 N–H and O–H groups in total. The first-order valence-electron chi connectivity index (χ1n) is 8.11. The molecule has 21 heavy (non-hydrogen) atoms. The quantitative estimate of drug-likeness (QED) is 0.329. The highest BCUT2D eigenvalue weighted by Gasteiger charge is 2.26. The lowest BCUT2D eigenvalue weighted by Crippen LogP contribution is -2.22. The van der Waals surface area contributed by atoms with E-state index in [0.29, 0.717) is 5.92 Å². The van der Waals surface area contributed by atoms with Gasteiger partial charge in [0.25, 0.3) is 0 Å². The summed E-state index contributed by atoms with van der Waals surface area (Å²) in [6, 6.07) is 0. The van der Waals surface area contributed by atoms with Gasteiger partial charge in [-0.2, -0.15) is 0 Å². The van der Waals surface area contributed by atoms with Crippen LogP contribution < -0.4 is 0 Å². The Kier molecular flexibility index (Phi) is 7.18. The average molecular weight is 402 g/mol. The van der Waals surface area contributed by atoms with Crippen molar-refractivity contribution in [1.82, 2.24) is 0 Å². The Hall–Kier alpha value is -0.0900. The molecule has 0 radical (unpaired) electrons. The van der Waals surface area contributed by atoms with Gasteiger partial charge in [-0.3, -0.25) is 0 Å². The van der Waals surface area contributed by atoms with Crippen LogP contribution in [0, 0.1) is 5.92 Å². The second-order valence-electron chi connectivity index (χ2n) is 6.81. The fraction of sp³-hybridized carbons (Fsp3) is 0.684. The third-order valence-corrected chi connectivity index (χ3v) is 5.29. The molecule has 1 aliphatic rings. The molecule has 0 heterocycles. The minimum Gasteiger partial charge on any atom is -0.389 e. The third-order valence-electron chi connectivity index (χ3n) is 4.64. The average Bonchev–Trinajstić information content (AvgIpc) is 2.42. The molecule has 2 atom stereocenters. The molecule has 2 unspecified atom stereocenters. The molecule has 1 aliphatic carbocycles. The van der Waals surface area contributed by atoms with E-state index in [1.54, 1.807) is 5.57 Å². The summed E-state index contributed by atoms with van der Waals surface area (Å²) in [6.45, 7) is 13.2. The molecule has 0 spiro atoms. The zero-order valence-corrected chi connectivity index (χ0v) is 16.6. The molecule has 1 rings (SSSR count). The van der Waals surface area contributed by atoms with Crippen molar-refractivity contribution in [2.24, 2.45) is 5.92 Å². The zero-order valence-electron chi connectivity index (χ0n) is 14.5. The molecular weight excluding hydrogens is 371 g/mol.